The van der Waals surface area contributed by atoms with Gasteiger partial charge in [-0.05, 0) is 6.92 Å². The van der Waals surface area contributed by atoms with Gasteiger partial charge in [-0.1, -0.05) is 0 Å². The molecule has 0 aromatic carbocycles. The van der Waals surface area contributed by atoms with Gasteiger partial charge in [0, 0.05) is 11.8 Å². The maximum atomic E-state index is 12.6. The lowest BCUT2D eigenvalue weighted by Gasteiger charge is -2.09. The fraction of sp³-hybridized carbons (Fsp3) is 0.286. The van der Waals surface area contributed by atoms with E-state index in [2.05, 4.69) is 4.98 Å². The number of halogens is 5. The van der Waals surface area contributed by atoms with E-state index in [4.69, 9.17) is 0 Å². The minimum atomic E-state index is -4.70. The van der Waals surface area contributed by atoms with Crippen molar-refractivity contribution >= 4 is 0 Å². The summed E-state index contributed by atoms with van der Waals surface area (Å²) in [5, 5.41) is 0. The molecule has 0 fully saturated rings. The van der Waals surface area contributed by atoms with E-state index in [1.54, 1.807) is 0 Å². The van der Waals surface area contributed by atoms with Gasteiger partial charge >= 0.3 is 6.18 Å². The van der Waals surface area contributed by atoms with E-state index in [9.17, 15) is 22.0 Å². The molecule has 13 heavy (non-hydrogen) atoms. The number of hydrogen-bond donors (Lipinski definition) is 0. The van der Waals surface area contributed by atoms with Crippen LogP contribution in [0, 0.1) is 18.7 Å². The van der Waals surface area contributed by atoms with Crippen LogP contribution < -0.4 is 0 Å². The highest BCUT2D eigenvalue weighted by Crippen LogP contribution is 2.32. The molecule has 6 heteroatoms. The Kier molecular flexibility index (Phi) is 2.23. The lowest BCUT2D eigenvalue weighted by molar-refractivity contribution is -0.138. The molecule has 0 aliphatic carbocycles. The average Bonchev–Trinajstić information content (AvgIpc) is 1.98. The number of aromatic nitrogens is 1. The second kappa shape index (κ2) is 2.93. The van der Waals surface area contributed by atoms with Crippen LogP contribution in [0.1, 0.15) is 11.1 Å². The largest absolute Gasteiger partial charge is 0.418 e. The van der Waals surface area contributed by atoms with Crippen LogP contribution in [-0.2, 0) is 6.18 Å². The van der Waals surface area contributed by atoms with Crippen LogP contribution >= 0.6 is 0 Å². The summed E-state index contributed by atoms with van der Waals surface area (Å²) in [6.07, 6.45) is -4.43. The van der Waals surface area contributed by atoms with E-state index in [0.717, 1.165) is 6.92 Å². The highest BCUT2D eigenvalue weighted by molar-refractivity contribution is 5.26. The summed E-state index contributed by atoms with van der Waals surface area (Å²) >= 11 is 0. The van der Waals surface area contributed by atoms with Crippen molar-refractivity contribution in [1.29, 1.82) is 0 Å². The summed E-state index contributed by atoms with van der Waals surface area (Å²) in [5.41, 5.74) is -2.04. The number of pyridine rings is 1. The Labute approximate surface area is 70.2 Å². The van der Waals surface area contributed by atoms with Crippen LogP contribution in [0.3, 0.4) is 0 Å². The van der Waals surface area contributed by atoms with E-state index in [-0.39, 0.29) is 6.20 Å². The molecule has 0 saturated heterocycles. The Morgan fingerprint density at radius 2 is 1.77 bits per heavy atom. The van der Waals surface area contributed by atoms with Crippen LogP contribution in [0.25, 0.3) is 0 Å². The van der Waals surface area contributed by atoms with Crippen LogP contribution in [0.2, 0.25) is 0 Å². The molecular weight excluding hydrogens is 193 g/mol. The van der Waals surface area contributed by atoms with Gasteiger partial charge in [0.2, 0.25) is 5.95 Å². The fourth-order valence-corrected chi connectivity index (χ4v) is 0.833. The van der Waals surface area contributed by atoms with Crippen LogP contribution in [0.4, 0.5) is 22.0 Å². The van der Waals surface area contributed by atoms with Gasteiger partial charge in [-0.3, -0.25) is 0 Å². The fourth-order valence-electron chi connectivity index (χ4n) is 0.833. The second-order valence-electron chi connectivity index (χ2n) is 2.40. The first-order chi connectivity index (χ1) is 5.84. The molecule has 1 rings (SSSR count). The molecule has 0 atom stereocenters. The predicted molar refractivity (Wildman–Crippen MR) is 33.9 cm³/mol. The minimum Gasteiger partial charge on any atom is -0.225 e. The van der Waals surface area contributed by atoms with Crippen molar-refractivity contribution in [2.45, 2.75) is 13.1 Å². The molecule has 1 heterocycles. The van der Waals surface area contributed by atoms with E-state index in [1.807, 2.05) is 0 Å². The lowest BCUT2D eigenvalue weighted by atomic mass is 10.1. The van der Waals surface area contributed by atoms with Crippen molar-refractivity contribution in [3.8, 4) is 0 Å². The molecule has 1 aromatic heterocycles. The molecule has 0 unspecified atom stereocenters. The molecule has 0 radical (unpaired) electrons. The Hall–Kier alpha value is -1.20. The SMILES string of the molecule is Cc1c(C(F)(F)F)cnc(F)c1F. The predicted octanol–water partition coefficient (Wildman–Crippen LogP) is 2.69. The second-order valence-corrected chi connectivity index (χ2v) is 2.40. The molecule has 72 valence electrons. The summed E-state index contributed by atoms with van der Waals surface area (Å²) in [7, 11) is 0. The van der Waals surface area contributed by atoms with Crippen molar-refractivity contribution in [2.75, 3.05) is 0 Å². The molecule has 1 nitrogen and oxygen atoms in total. The summed E-state index contributed by atoms with van der Waals surface area (Å²) in [6, 6.07) is 0. The molecule has 0 bridgehead atoms. The van der Waals surface area contributed by atoms with Crippen molar-refractivity contribution in [3.63, 3.8) is 0 Å². The monoisotopic (exact) mass is 197 g/mol. The molecule has 0 amide bonds. The van der Waals surface area contributed by atoms with Crippen LogP contribution in [0.5, 0.6) is 0 Å². The molecule has 0 aliphatic rings. The molecular formula is C7H4F5N. The Bertz CT molecular complexity index is 330. The van der Waals surface area contributed by atoms with Crippen LogP contribution in [0.15, 0.2) is 6.20 Å². The Balaban J connectivity index is 3.35. The molecule has 1 aromatic rings. The molecule has 0 spiro atoms. The third-order valence-corrected chi connectivity index (χ3v) is 1.53. The normalized spacial score (nSPS) is 11.8. The van der Waals surface area contributed by atoms with Crippen molar-refractivity contribution in [1.82, 2.24) is 4.98 Å². The van der Waals surface area contributed by atoms with Gasteiger partial charge in [-0.25, -0.2) is 9.37 Å². The third-order valence-electron chi connectivity index (χ3n) is 1.53. The lowest BCUT2D eigenvalue weighted by Crippen LogP contribution is -2.11. The van der Waals surface area contributed by atoms with Gasteiger partial charge in [0.05, 0.1) is 5.56 Å². The first-order valence-electron chi connectivity index (χ1n) is 3.22. The zero-order valence-electron chi connectivity index (χ0n) is 6.41. The topological polar surface area (TPSA) is 12.9 Å². The third kappa shape index (κ3) is 1.76. The van der Waals surface area contributed by atoms with Gasteiger partial charge in [0.1, 0.15) is 0 Å². The van der Waals surface area contributed by atoms with Crippen molar-refractivity contribution in [3.05, 3.63) is 29.1 Å². The zero-order chi connectivity index (χ0) is 10.2. The standard InChI is InChI=1S/C7H4F5N/c1-3-4(7(10,11)12)2-13-6(9)5(3)8/h2H,1H3. The Morgan fingerprint density at radius 1 is 1.23 bits per heavy atom. The van der Waals surface area contributed by atoms with Gasteiger partial charge in [-0.15, -0.1) is 0 Å². The zero-order valence-corrected chi connectivity index (χ0v) is 6.41. The number of nitrogens with zero attached hydrogens (tertiary/aromatic N) is 1. The smallest absolute Gasteiger partial charge is 0.225 e. The summed E-state index contributed by atoms with van der Waals surface area (Å²) in [5.74, 6) is -3.08. The molecule has 0 aliphatic heterocycles. The molecule has 0 N–H and O–H groups in total. The van der Waals surface area contributed by atoms with E-state index >= 15 is 0 Å². The number of hydrogen-bond acceptors (Lipinski definition) is 1. The summed E-state index contributed by atoms with van der Waals surface area (Å²) in [6.45, 7) is 0.850. The van der Waals surface area contributed by atoms with Gasteiger partial charge < -0.3 is 0 Å². The first kappa shape index (κ1) is 9.88. The summed E-state index contributed by atoms with van der Waals surface area (Å²) < 4.78 is 61.0. The highest BCUT2D eigenvalue weighted by atomic mass is 19.4. The average molecular weight is 197 g/mol. The first-order valence-corrected chi connectivity index (χ1v) is 3.22. The van der Waals surface area contributed by atoms with Crippen LogP contribution in [-0.4, -0.2) is 4.98 Å². The maximum Gasteiger partial charge on any atom is 0.418 e. The van der Waals surface area contributed by atoms with Gasteiger partial charge in [0.15, 0.2) is 5.82 Å². The van der Waals surface area contributed by atoms with Crippen molar-refractivity contribution in [2.24, 2.45) is 0 Å². The van der Waals surface area contributed by atoms with Gasteiger partial charge in [0.25, 0.3) is 0 Å². The number of alkyl halides is 3. The highest BCUT2D eigenvalue weighted by Gasteiger charge is 2.34. The molecule has 0 saturated carbocycles. The minimum absolute atomic E-state index is 0.272. The quantitative estimate of drug-likeness (QED) is 0.460. The van der Waals surface area contributed by atoms with E-state index in [1.165, 1.54) is 0 Å². The Morgan fingerprint density at radius 3 is 2.23 bits per heavy atom. The van der Waals surface area contributed by atoms with E-state index < -0.39 is 29.1 Å². The van der Waals surface area contributed by atoms with Gasteiger partial charge in [-0.2, -0.15) is 17.6 Å². The van der Waals surface area contributed by atoms with E-state index in [0.29, 0.717) is 0 Å². The van der Waals surface area contributed by atoms with Crippen molar-refractivity contribution < 1.29 is 22.0 Å². The number of rotatable bonds is 0. The summed E-state index contributed by atoms with van der Waals surface area (Å²) in [4.78, 5) is 2.64. The maximum absolute atomic E-state index is 12.6.